The summed E-state index contributed by atoms with van der Waals surface area (Å²) in [4.78, 5) is 0. The van der Waals surface area contributed by atoms with Crippen molar-refractivity contribution in [3.63, 3.8) is 0 Å². The molecule has 0 aromatic rings. The minimum atomic E-state index is -1.87. The fraction of sp³-hybridized carbons (Fsp3) is 1.00. The van der Waals surface area contributed by atoms with Crippen LogP contribution in [0.2, 0.25) is 0 Å². The zero-order valence-electron chi connectivity index (χ0n) is 9.85. The lowest BCUT2D eigenvalue weighted by Crippen LogP contribution is -2.32. The van der Waals surface area contributed by atoms with Gasteiger partial charge in [-0.3, -0.25) is 0 Å². The van der Waals surface area contributed by atoms with Crippen molar-refractivity contribution in [3.05, 3.63) is 0 Å². The van der Waals surface area contributed by atoms with E-state index in [0.717, 1.165) is 12.8 Å². The van der Waals surface area contributed by atoms with Gasteiger partial charge in [0.25, 0.3) is 6.35 Å². The van der Waals surface area contributed by atoms with E-state index in [9.17, 15) is 4.57 Å². The number of hydrogen-bond acceptors (Lipinski definition) is 3. The molecule has 1 rings (SSSR count). The van der Waals surface area contributed by atoms with Gasteiger partial charge in [-0.2, -0.15) is 0 Å². The minimum absolute atomic E-state index is 0.0736. The van der Waals surface area contributed by atoms with Crippen molar-refractivity contribution in [3.8, 4) is 0 Å². The molecule has 0 amide bonds. The van der Waals surface area contributed by atoms with Gasteiger partial charge in [-0.05, 0) is 35.2 Å². The monoisotopic (exact) mass is 233 g/mol. The zero-order valence-corrected chi connectivity index (χ0v) is 10.7. The topological polar surface area (TPSA) is 46.5 Å². The molecule has 4 atom stereocenters. The van der Waals surface area contributed by atoms with Crippen LogP contribution in [0.25, 0.3) is 0 Å². The van der Waals surface area contributed by atoms with E-state index in [1.54, 1.807) is 0 Å². The fourth-order valence-corrected chi connectivity index (χ4v) is 3.03. The zero-order chi connectivity index (χ0) is 11.4. The second-order valence-corrected chi connectivity index (χ2v) is 6.10. The fourth-order valence-electron chi connectivity index (χ4n) is 2.42. The van der Waals surface area contributed by atoms with Gasteiger partial charge in [0, 0.05) is 0 Å². The molecule has 1 fully saturated rings. The lowest BCUT2D eigenvalue weighted by atomic mass is 9.75. The largest absolute Gasteiger partial charge is 0.537 e. The summed E-state index contributed by atoms with van der Waals surface area (Å²) < 4.78 is 16.7. The second-order valence-electron chi connectivity index (χ2n) is 4.94. The van der Waals surface area contributed by atoms with Gasteiger partial charge in [-0.15, -0.1) is 4.52 Å². The van der Waals surface area contributed by atoms with Gasteiger partial charge in [0.1, 0.15) is 6.10 Å². The molecule has 0 aromatic heterocycles. The van der Waals surface area contributed by atoms with E-state index >= 15 is 0 Å². The van der Waals surface area contributed by atoms with E-state index in [2.05, 4.69) is 20.8 Å². The maximum absolute atomic E-state index is 11.2. The molecule has 0 radical (unpaired) electrons. The van der Waals surface area contributed by atoms with Crippen LogP contribution >= 0.6 is 8.03 Å². The Kier molecular flexibility index (Phi) is 5.17. The highest BCUT2D eigenvalue weighted by molar-refractivity contribution is 7.38. The van der Waals surface area contributed by atoms with Gasteiger partial charge >= 0.3 is 8.03 Å². The predicted octanol–water partition coefficient (Wildman–Crippen LogP) is 3.16. The van der Waals surface area contributed by atoms with Crippen LogP contribution in [-0.4, -0.2) is 17.6 Å². The third-order valence-corrected chi connectivity index (χ3v) is 4.07. The van der Waals surface area contributed by atoms with E-state index in [-0.39, 0.29) is 12.5 Å². The first-order valence-electron chi connectivity index (χ1n) is 5.77. The van der Waals surface area contributed by atoms with Gasteiger partial charge in [0.2, 0.25) is 0 Å². The van der Waals surface area contributed by atoms with Gasteiger partial charge in [0.15, 0.2) is 0 Å². The van der Waals surface area contributed by atoms with Crippen LogP contribution < -0.4 is 0 Å². The van der Waals surface area contributed by atoms with Gasteiger partial charge in [-0.1, -0.05) is 27.2 Å². The van der Waals surface area contributed by atoms with Crippen LogP contribution in [0.5, 0.6) is 0 Å². The number of hydrogen-bond donors (Lipinski definition) is 1. The van der Waals surface area contributed by atoms with E-state index in [1.165, 1.54) is 6.42 Å². The van der Waals surface area contributed by atoms with Crippen LogP contribution in [0.1, 0.15) is 40.0 Å². The highest BCUT2D eigenvalue weighted by Crippen LogP contribution is 2.39. The summed E-state index contributed by atoms with van der Waals surface area (Å²) in [6, 6.07) is 0. The van der Waals surface area contributed by atoms with Crippen molar-refractivity contribution in [2.45, 2.75) is 46.1 Å². The van der Waals surface area contributed by atoms with Gasteiger partial charge in [0.05, 0.1) is 0 Å². The molecule has 0 bridgehead atoms. The molecule has 0 spiro atoms. The van der Waals surface area contributed by atoms with Crippen LogP contribution in [0.15, 0.2) is 0 Å². The lowest BCUT2D eigenvalue weighted by molar-refractivity contribution is 0.0500. The first-order chi connectivity index (χ1) is 7.04. The molecular formula is C11H22O3P+. The molecule has 4 unspecified atom stereocenters. The summed E-state index contributed by atoms with van der Waals surface area (Å²) in [5.74, 6) is 1.70. The van der Waals surface area contributed by atoms with Crippen molar-refractivity contribution >= 4 is 8.03 Å². The molecule has 15 heavy (non-hydrogen) atoms. The van der Waals surface area contributed by atoms with E-state index in [1.807, 2.05) is 0 Å². The Labute approximate surface area is 93.1 Å². The van der Waals surface area contributed by atoms with Gasteiger partial charge < -0.3 is 5.11 Å². The lowest BCUT2D eigenvalue weighted by Gasteiger charge is -2.33. The Morgan fingerprint density at radius 2 is 2.13 bits per heavy atom. The van der Waals surface area contributed by atoms with Crippen LogP contribution in [0.4, 0.5) is 0 Å². The van der Waals surface area contributed by atoms with Crippen molar-refractivity contribution in [2.75, 3.05) is 6.35 Å². The summed E-state index contributed by atoms with van der Waals surface area (Å²) in [5.41, 5.74) is 0. The maximum Gasteiger partial charge on any atom is 0.537 e. The SMILES string of the molecule is CC1CCC(C(C)C)C(O[P+](=O)CO)C1. The smallest absolute Gasteiger partial charge is 0.351 e. The Morgan fingerprint density at radius 3 is 2.67 bits per heavy atom. The molecule has 0 aromatic carbocycles. The molecule has 0 saturated heterocycles. The summed E-state index contributed by atoms with van der Waals surface area (Å²) in [5, 5.41) is 8.75. The molecule has 1 aliphatic rings. The molecule has 1 saturated carbocycles. The standard InChI is InChI=1S/C11H22O3P/c1-8(2)10-5-4-9(3)6-11(10)14-15(13)7-12/h8-12H,4-7H2,1-3H3/q+1. The highest BCUT2D eigenvalue weighted by atomic mass is 31.1. The summed E-state index contributed by atoms with van der Waals surface area (Å²) in [7, 11) is -1.87. The Hall–Kier alpha value is 0.0200. The van der Waals surface area contributed by atoms with E-state index < -0.39 is 8.03 Å². The third kappa shape index (κ3) is 3.82. The normalized spacial score (nSPS) is 33.1. The first-order valence-corrected chi connectivity index (χ1v) is 7.13. The minimum Gasteiger partial charge on any atom is -0.351 e. The van der Waals surface area contributed by atoms with Crippen LogP contribution in [0, 0.1) is 17.8 Å². The third-order valence-electron chi connectivity index (χ3n) is 3.33. The molecule has 4 heteroatoms. The number of aliphatic hydroxyl groups is 1. The molecule has 1 aliphatic carbocycles. The molecule has 1 N–H and O–H groups in total. The van der Waals surface area contributed by atoms with Crippen molar-refractivity contribution in [1.29, 1.82) is 0 Å². The molecule has 88 valence electrons. The quantitative estimate of drug-likeness (QED) is 0.759. The van der Waals surface area contributed by atoms with Crippen LogP contribution in [-0.2, 0) is 9.09 Å². The van der Waals surface area contributed by atoms with Crippen molar-refractivity contribution < 1.29 is 14.2 Å². The van der Waals surface area contributed by atoms with Gasteiger partial charge in [-0.25, -0.2) is 0 Å². The Balaban J connectivity index is 2.57. The number of aliphatic hydroxyl groups excluding tert-OH is 1. The Bertz CT molecular complexity index is 218. The second kappa shape index (κ2) is 5.93. The van der Waals surface area contributed by atoms with Crippen molar-refractivity contribution in [1.82, 2.24) is 0 Å². The Morgan fingerprint density at radius 1 is 1.47 bits per heavy atom. The summed E-state index contributed by atoms with van der Waals surface area (Å²) >= 11 is 0. The molecule has 0 aliphatic heterocycles. The average Bonchev–Trinajstić information content (AvgIpc) is 2.17. The van der Waals surface area contributed by atoms with E-state index in [0.29, 0.717) is 17.8 Å². The molecular weight excluding hydrogens is 211 g/mol. The molecule has 3 nitrogen and oxygen atoms in total. The molecule has 0 heterocycles. The maximum atomic E-state index is 11.2. The van der Waals surface area contributed by atoms with Crippen molar-refractivity contribution in [2.24, 2.45) is 17.8 Å². The predicted molar refractivity (Wildman–Crippen MR) is 60.9 cm³/mol. The summed E-state index contributed by atoms with van der Waals surface area (Å²) in [6.07, 6.45) is 3.08. The average molecular weight is 233 g/mol. The number of rotatable bonds is 4. The van der Waals surface area contributed by atoms with E-state index in [4.69, 9.17) is 9.63 Å². The van der Waals surface area contributed by atoms with Crippen LogP contribution in [0.3, 0.4) is 0 Å². The highest BCUT2D eigenvalue weighted by Gasteiger charge is 2.36. The first kappa shape index (κ1) is 13.1. The summed E-state index contributed by atoms with van der Waals surface area (Å²) in [6.45, 7) is 6.57.